The van der Waals surface area contributed by atoms with Gasteiger partial charge in [-0.2, -0.15) is 0 Å². The van der Waals surface area contributed by atoms with E-state index in [-0.39, 0.29) is 24.0 Å². The van der Waals surface area contributed by atoms with Crippen LogP contribution >= 0.6 is 35.3 Å². The van der Waals surface area contributed by atoms with Crippen LogP contribution in [0.3, 0.4) is 0 Å². The summed E-state index contributed by atoms with van der Waals surface area (Å²) in [6, 6.07) is 3.67. The van der Waals surface area contributed by atoms with Crippen molar-refractivity contribution in [1.82, 2.24) is 20.4 Å². The Morgan fingerprint density at radius 1 is 1.35 bits per heavy atom. The minimum atomic E-state index is 0. The zero-order chi connectivity index (χ0) is 17.2. The van der Waals surface area contributed by atoms with Gasteiger partial charge in [0.2, 0.25) is 0 Å². The SMILES string of the molecule is CN=C(NCCN1CCc2sccc2C1)NC1CN(C2CC2)CC1C.I. The van der Waals surface area contributed by atoms with Crippen LogP contribution in [0.1, 0.15) is 30.2 Å². The van der Waals surface area contributed by atoms with E-state index in [1.165, 1.54) is 44.5 Å². The standard InChI is InChI=1S/C19H31N5S.HI/c1-14-11-24(16-3-4-16)13-17(14)22-19(20-2)21-7-9-23-8-5-18-15(12-23)6-10-25-18;/h6,10,14,16-17H,3-5,7-9,11-13H2,1-2H3,(H2,20,21,22);1H. The molecule has 2 unspecified atom stereocenters. The third kappa shape index (κ3) is 4.91. The van der Waals surface area contributed by atoms with Crippen LogP contribution in [0.5, 0.6) is 0 Å². The summed E-state index contributed by atoms with van der Waals surface area (Å²) >= 11 is 1.91. The highest BCUT2D eigenvalue weighted by Gasteiger charge is 2.38. The van der Waals surface area contributed by atoms with E-state index in [1.54, 1.807) is 4.88 Å². The molecule has 1 aliphatic carbocycles. The lowest BCUT2D eigenvalue weighted by Gasteiger charge is -2.27. The molecule has 2 atom stereocenters. The summed E-state index contributed by atoms with van der Waals surface area (Å²) in [7, 11) is 1.88. The number of likely N-dealkylation sites (tertiary alicyclic amines) is 1. The van der Waals surface area contributed by atoms with Crippen molar-refractivity contribution in [3.8, 4) is 0 Å². The number of nitrogens with zero attached hydrogens (tertiary/aromatic N) is 3. The molecule has 0 bridgehead atoms. The van der Waals surface area contributed by atoms with Gasteiger partial charge in [0, 0.05) is 63.3 Å². The van der Waals surface area contributed by atoms with Crippen LogP contribution in [0, 0.1) is 5.92 Å². The number of hydrogen-bond acceptors (Lipinski definition) is 4. The van der Waals surface area contributed by atoms with Crippen LogP contribution in [-0.2, 0) is 13.0 Å². The largest absolute Gasteiger partial charge is 0.355 e. The maximum atomic E-state index is 4.44. The molecule has 26 heavy (non-hydrogen) atoms. The highest BCUT2D eigenvalue weighted by molar-refractivity contribution is 14.0. The summed E-state index contributed by atoms with van der Waals surface area (Å²) < 4.78 is 0. The number of nitrogens with one attached hydrogen (secondary N) is 2. The van der Waals surface area contributed by atoms with Crippen molar-refractivity contribution in [1.29, 1.82) is 0 Å². The Balaban J connectivity index is 0.00000196. The van der Waals surface area contributed by atoms with Crippen LogP contribution in [0.25, 0.3) is 0 Å². The second-order valence-corrected chi connectivity index (χ2v) is 8.81. The number of fused-ring (bicyclic) bond motifs is 1. The molecule has 7 heteroatoms. The predicted molar refractivity (Wildman–Crippen MR) is 121 cm³/mol. The molecule has 0 spiro atoms. The van der Waals surface area contributed by atoms with Gasteiger partial charge in [-0.1, -0.05) is 6.92 Å². The monoisotopic (exact) mass is 489 g/mol. The van der Waals surface area contributed by atoms with Gasteiger partial charge in [0.05, 0.1) is 0 Å². The van der Waals surface area contributed by atoms with E-state index in [9.17, 15) is 0 Å². The normalized spacial score (nSPS) is 27.1. The molecule has 1 aromatic heterocycles. The van der Waals surface area contributed by atoms with Crippen molar-refractivity contribution in [2.75, 3.05) is 39.8 Å². The molecule has 146 valence electrons. The van der Waals surface area contributed by atoms with E-state index in [4.69, 9.17) is 0 Å². The van der Waals surface area contributed by atoms with Gasteiger partial charge in [-0.15, -0.1) is 35.3 Å². The van der Waals surface area contributed by atoms with Gasteiger partial charge in [-0.25, -0.2) is 0 Å². The molecule has 2 N–H and O–H groups in total. The summed E-state index contributed by atoms with van der Waals surface area (Å²) in [4.78, 5) is 11.2. The Morgan fingerprint density at radius 2 is 2.19 bits per heavy atom. The predicted octanol–water partition coefficient (Wildman–Crippen LogP) is 2.37. The number of halogens is 1. The third-order valence-electron chi connectivity index (χ3n) is 5.86. The Labute approximate surface area is 178 Å². The number of guanidine groups is 1. The average Bonchev–Trinajstić information content (AvgIpc) is 3.26. The van der Waals surface area contributed by atoms with Crippen molar-refractivity contribution in [3.05, 3.63) is 21.9 Å². The fraction of sp³-hybridized carbons (Fsp3) is 0.737. The Morgan fingerprint density at radius 3 is 2.96 bits per heavy atom. The van der Waals surface area contributed by atoms with Crippen LogP contribution in [0.4, 0.5) is 0 Å². The third-order valence-corrected chi connectivity index (χ3v) is 6.88. The summed E-state index contributed by atoms with van der Waals surface area (Å²) in [5, 5.41) is 9.41. The second kappa shape index (κ2) is 9.21. The summed E-state index contributed by atoms with van der Waals surface area (Å²) in [6.07, 6.45) is 4.00. The number of rotatable bonds is 5. The van der Waals surface area contributed by atoms with E-state index < -0.39 is 0 Å². The van der Waals surface area contributed by atoms with Gasteiger partial charge in [0.1, 0.15) is 0 Å². The van der Waals surface area contributed by atoms with Crippen molar-refractivity contribution in [3.63, 3.8) is 0 Å². The molecule has 1 aromatic rings. The molecule has 4 rings (SSSR count). The van der Waals surface area contributed by atoms with E-state index in [2.05, 4.69) is 43.8 Å². The Hall–Kier alpha value is -0.380. The summed E-state index contributed by atoms with van der Waals surface area (Å²) in [6.45, 7) is 9.06. The smallest absolute Gasteiger partial charge is 0.191 e. The fourth-order valence-corrected chi connectivity index (χ4v) is 5.02. The van der Waals surface area contributed by atoms with Crippen LogP contribution in [0.15, 0.2) is 16.4 Å². The maximum absolute atomic E-state index is 4.44. The zero-order valence-electron chi connectivity index (χ0n) is 15.9. The van der Waals surface area contributed by atoms with E-state index >= 15 is 0 Å². The molecule has 1 saturated heterocycles. The minimum Gasteiger partial charge on any atom is -0.355 e. The molecule has 2 fully saturated rings. The van der Waals surface area contributed by atoms with Crippen LogP contribution in [-0.4, -0.2) is 67.6 Å². The van der Waals surface area contributed by atoms with Gasteiger partial charge in [-0.05, 0) is 42.2 Å². The summed E-state index contributed by atoms with van der Waals surface area (Å²) in [5.74, 6) is 1.65. The van der Waals surface area contributed by atoms with Crippen molar-refractivity contribution in [2.45, 2.75) is 44.8 Å². The molecule has 0 radical (unpaired) electrons. The van der Waals surface area contributed by atoms with E-state index in [0.717, 1.165) is 31.6 Å². The molecule has 0 aromatic carbocycles. The number of hydrogen-bond donors (Lipinski definition) is 2. The lowest BCUT2D eigenvalue weighted by atomic mass is 10.1. The molecular weight excluding hydrogens is 457 g/mol. The number of aliphatic imine (C=N–C) groups is 1. The molecule has 0 amide bonds. The average molecular weight is 489 g/mol. The maximum Gasteiger partial charge on any atom is 0.191 e. The quantitative estimate of drug-likeness (QED) is 0.379. The first-order valence-corrected chi connectivity index (χ1v) is 10.6. The fourth-order valence-electron chi connectivity index (χ4n) is 4.13. The van der Waals surface area contributed by atoms with Crippen molar-refractivity contribution >= 4 is 41.3 Å². The number of thiophene rings is 1. The second-order valence-electron chi connectivity index (χ2n) is 7.81. The van der Waals surface area contributed by atoms with Crippen LogP contribution < -0.4 is 10.6 Å². The van der Waals surface area contributed by atoms with Crippen molar-refractivity contribution in [2.24, 2.45) is 10.9 Å². The molecular formula is C19H32IN5S. The van der Waals surface area contributed by atoms with Gasteiger partial charge in [-0.3, -0.25) is 14.8 Å². The molecule has 5 nitrogen and oxygen atoms in total. The van der Waals surface area contributed by atoms with E-state index in [1.807, 2.05) is 18.4 Å². The van der Waals surface area contributed by atoms with Gasteiger partial charge in [0.15, 0.2) is 5.96 Å². The first kappa shape index (κ1) is 20.4. The lowest BCUT2D eigenvalue weighted by molar-refractivity contribution is 0.260. The van der Waals surface area contributed by atoms with Crippen molar-refractivity contribution < 1.29 is 0 Å². The Kier molecular flexibility index (Phi) is 7.21. The van der Waals surface area contributed by atoms with Crippen LogP contribution in [0.2, 0.25) is 0 Å². The molecule has 3 aliphatic rings. The molecule has 1 saturated carbocycles. The first-order chi connectivity index (χ1) is 12.2. The van der Waals surface area contributed by atoms with Gasteiger partial charge in [0.25, 0.3) is 0 Å². The first-order valence-electron chi connectivity index (χ1n) is 9.72. The minimum absolute atomic E-state index is 0. The molecule has 2 aliphatic heterocycles. The highest BCUT2D eigenvalue weighted by Crippen LogP contribution is 2.31. The lowest BCUT2D eigenvalue weighted by Crippen LogP contribution is -2.48. The van der Waals surface area contributed by atoms with Gasteiger partial charge < -0.3 is 10.6 Å². The topological polar surface area (TPSA) is 42.9 Å². The highest BCUT2D eigenvalue weighted by atomic mass is 127. The molecule has 3 heterocycles. The van der Waals surface area contributed by atoms with Gasteiger partial charge >= 0.3 is 0 Å². The summed E-state index contributed by atoms with van der Waals surface area (Å²) in [5.41, 5.74) is 1.53. The Bertz CT molecular complexity index is 615. The zero-order valence-corrected chi connectivity index (χ0v) is 19.1. The van der Waals surface area contributed by atoms with E-state index in [0.29, 0.717) is 12.0 Å².